The van der Waals surface area contributed by atoms with Gasteiger partial charge in [0.2, 0.25) is 0 Å². The van der Waals surface area contributed by atoms with Crippen LogP contribution in [0.4, 0.5) is 0 Å². The highest BCUT2D eigenvalue weighted by atomic mass is 16.5. The maximum absolute atomic E-state index is 12.0. The van der Waals surface area contributed by atoms with Crippen LogP contribution in [0.2, 0.25) is 0 Å². The van der Waals surface area contributed by atoms with Crippen molar-refractivity contribution < 1.29 is 14.3 Å². The summed E-state index contributed by atoms with van der Waals surface area (Å²) >= 11 is 0. The lowest BCUT2D eigenvalue weighted by Crippen LogP contribution is -2.43. The van der Waals surface area contributed by atoms with Crippen LogP contribution in [0.5, 0.6) is 0 Å². The maximum atomic E-state index is 12.0. The zero-order valence-electron chi connectivity index (χ0n) is 11.7. The van der Waals surface area contributed by atoms with Gasteiger partial charge in [-0.2, -0.15) is 0 Å². The van der Waals surface area contributed by atoms with Gasteiger partial charge in [-0.25, -0.2) is 14.8 Å². The quantitative estimate of drug-likeness (QED) is 0.760. The first-order chi connectivity index (χ1) is 10.1. The van der Waals surface area contributed by atoms with Gasteiger partial charge in [0, 0.05) is 38.3 Å². The number of rotatable bonds is 5. The lowest BCUT2D eigenvalue weighted by Gasteiger charge is -2.15. The van der Waals surface area contributed by atoms with Gasteiger partial charge < -0.3 is 14.6 Å². The molecule has 0 bridgehead atoms. The van der Waals surface area contributed by atoms with Crippen LogP contribution < -0.4 is 5.32 Å². The van der Waals surface area contributed by atoms with E-state index in [0.717, 1.165) is 0 Å². The fraction of sp³-hybridized carbons (Fsp3) is 0.308. The first-order valence-corrected chi connectivity index (χ1v) is 6.22. The molecule has 110 valence electrons. The Bertz CT molecular complexity index is 626. The summed E-state index contributed by atoms with van der Waals surface area (Å²) < 4.78 is 6.48. The van der Waals surface area contributed by atoms with Crippen LogP contribution in [0.3, 0.4) is 0 Å². The van der Waals surface area contributed by atoms with E-state index in [1.807, 2.05) is 0 Å². The molecule has 0 saturated carbocycles. The predicted molar refractivity (Wildman–Crippen MR) is 72.2 cm³/mol. The molecule has 0 aliphatic carbocycles. The number of aryl methyl sites for hydroxylation is 1. The zero-order valence-corrected chi connectivity index (χ0v) is 11.7. The molecule has 0 fully saturated rings. The summed E-state index contributed by atoms with van der Waals surface area (Å²) in [5.74, 6) is -0.382. The molecule has 2 heterocycles. The smallest absolute Gasteiger partial charge is 0.328 e. The Labute approximate surface area is 121 Å². The molecule has 0 aliphatic heterocycles. The number of nitrogens with zero attached hydrogens (tertiary/aromatic N) is 4. The summed E-state index contributed by atoms with van der Waals surface area (Å²) in [4.78, 5) is 35.7. The third-order valence-electron chi connectivity index (χ3n) is 2.89. The minimum atomic E-state index is -0.842. The Morgan fingerprint density at radius 1 is 1.33 bits per heavy atom. The highest BCUT2D eigenvalue weighted by Crippen LogP contribution is 2.03. The fourth-order valence-electron chi connectivity index (χ4n) is 1.76. The van der Waals surface area contributed by atoms with Gasteiger partial charge in [-0.05, 0) is 0 Å². The van der Waals surface area contributed by atoms with Crippen molar-refractivity contribution in [3.05, 3.63) is 42.5 Å². The van der Waals surface area contributed by atoms with E-state index in [-0.39, 0.29) is 12.1 Å². The third kappa shape index (κ3) is 3.62. The number of nitrogens with one attached hydrogen (secondary N) is 1. The number of aromatic nitrogens is 4. The van der Waals surface area contributed by atoms with Crippen LogP contribution in [-0.4, -0.2) is 44.5 Å². The van der Waals surface area contributed by atoms with Gasteiger partial charge in [-0.3, -0.25) is 9.78 Å². The number of carbonyl (C=O) groups excluding carboxylic acids is 2. The van der Waals surface area contributed by atoms with Gasteiger partial charge in [-0.15, -0.1) is 0 Å². The summed E-state index contributed by atoms with van der Waals surface area (Å²) in [6, 6.07) is -0.842. The van der Waals surface area contributed by atoms with E-state index in [4.69, 9.17) is 4.74 Å². The van der Waals surface area contributed by atoms with Crippen LogP contribution in [0, 0.1) is 0 Å². The Morgan fingerprint density at radius 3 is 2.71 bits per heavy atom. The van der Waals surface area contributed by atoms with E-state index >= 15 is 0 Å². The van der Waals surface area contributed by atoms with Gasteiger partial charge in [0.1, 0.15) is 17.6 Å². The second-order valence-corrected chi connectivity index (χ2v) is 4.30. The molecule has 1 amide bonds. The molecular formula is C13H15N5O3. The van der Waals surface area contributed by atoms with Crippen molar-refractivity contribution >= 4 is 11.9 Å². The van der Waals surface area contributed by atoms with Crippen molar-refractivity contribution in [3.8, 4) is 0 Å². The molecule has 8 heteroatoms. The Balaban J connectivity index is 2.12. The summed E-state index contributed by atoms with van der Waals surface area (Å²) in [5, 5.41) is 2.58. The lowest BCUT2D eigenvalue weighted by molar-refractivity contribution is -0.142. The summed E-state index contributed by atoms with van der Waals surface area (Å²) in [7, 11) is 3.07. The number of esters is 1. The van der Waals surface area contributed by atoms with Crippen LogP contribution in [-0.2, 0) is 23.0 Å². The normalized spacial score (nSPS) is 11.7. The predicted octanol–water partition coefficient (Wildman–Crippen LogP) is -0.276. The average Bonchev–Trinajstić information content (AvgIpc) is 2.91. The summed E-state index contributed by atoms with van der Waals surface area (Å²) in [6.07, 6.45) is 7.79. The van der Waals surface area contributed by atoms with E-state index < -0.39 is 17.9 Å². The van der Waals surface area contributed by atoms with Gasteiger partial charge >= 0.3 is 5.97 Å². The maximum Gasteiger partial charge on any atom is 0.328 e. The Morgan fingerprint density at radius 2 is 2.14 bits per heavy atom. The van der Waals surface area contributed by atoms with Gasteiger partial charge in [0.25, 0.3) is 5.91 Å². The lowest BCUT2D eigenvalue weighted by atomic mass is 10.2. The molecule has 0 radical (unpaired) electrons. The summed E-state index contributed by atoms with van der Waals surface area (Å²) in [6.45, 7) is 0. The van der Waals surface area contributed by atoms with Crippen molar-refractivity contribution in [1.29, 1.82) is 0 Å². The largest absolute Gasteiger partial charge is 0.467 e. The van der Waals surface area contributed by atoms with Crippen molar-refractivity contribution in [2.45, 2.75) is 12.5 Å². The number of imidazole rings is 1. The molecular weight excluding hydrogens is 274 g/mol. The molecule has 0 saturated heterocycles. The molecule has 0 aromatic carbocycles. The van der Waals surface area contributed by atoms with Gasteiger partial charge in [0.05, 0.1) is 13.3 Å². The van der Waals surface area contributed by atoms with Gasteiger partial charge in [0.15, 0.2) is 0 Å². The van der Waals surface area contributed by atoms with E-state index in [1.54, 1.807) is 24.0 Å². The van der Waals surface area contributed by atoms with Crippen molar-refractivity contribution in [2.24, 2.45) is 7.05 Å². The topological polar surface area (TPSA) is 99.0 Å². The first-order valence-electron chi connectivity index (χ1n) is 6.22. The number of carbonyl (C=O) groups is 2. The molecule has 2 aromatic rings. The Kier molecular flexibility index (Phi) is 4.60. The SMILES string of the molecule is COC(=O)C(Cc1nccn1C)NC(=O)c1cnccn1. The number of methoxy groups -OCH3 is 1. The molecule has 0 spiro atoms. The third-order valence-corrected chi connectivity index (χ3v) is 2.89. The monoisotopic (exact) mass is 289 g/mol. The standard InChI is InChI=1S/C13H15N5O3/c1-18-6-5-16-11(18)7-9(13(20)21-2)17-12(19)10-8-14-3-4-15-10/h3-6,8-9H,7H2,1-2H3,(H,17,19). The number of hydrogen-bond acceptors (Lipinski definition) is 6. The van der Waals surface area contributed by atoms with Crippen molar-refractivity contribution in [2.75, 3.05) is 7.11 Å². The average molecular weight is 289 g/mol. The fourth-order valence-corrected chi connectivity index (χ4v) is 1.76. The van der Waals surface area contributed by atoms with Gasteiger partial charge in [-0.1, -0.05) is 0 Å². The molecule has 2 aromatic heterocycles. The minimum absolute atomic E-state index is 0.131. The van der Waals surface area contributed by atoms with Crippen LogP contribution in [0.1, 0.15) is 16.3 Å². The Hall–Kier alpha value is -2.77. The second kappa shape index (κ2) is 6.60. The highest BCUT2D eigenvalue weighted by Gasteiger charge is 2.24. The second-order valence-electron chi connectivity index (χ2n) is 4.30. The molecule has 8 nitrogen and oxygen atoms in total. The highest BCUT2D eigenvalue weighted by molar-refractivity contribution is 5.94. The van der Waals surface area contributed by atoms with Crippen molar-refractivity contribution in [3.63, 3.8) is 0 Å². The van der Waals surface area contributed by atoms with Crippen molar-refractivity contribution in [1.82, 2.24) is 24.8 Å². The molecule has 1 unspecified atom stereocenters. The number of amides is 1. The molecule has 0 aliphatic rings. The molecule has 1 N–H and O–H groups in total. The molecule has 21 heavy (non-hydrogen) atoms. The van der Waals surface area contributed by atoms with E-state index in [2.05, 4.69) is 20.3 Å². The van der Waals surface area contributed by atoms with E-state index in [0.29, 0.717) is 5.82 Å². The van der Waals surface area contributed by atoms with Crippen LogP contribution >= 0.6 is 0 Å². The van der Waals surface area contributed by atoms with E-state index in [1.165, 1.54) is 25.7 Å². The zero-order chi connectivity index (χ0) is 15.2. The van der Waals surface area contributed by atoms with Crippen LogP contribution in [0.15, 0.2) is 31.0 Å². The number of ether oxygens (including phenoxy) is 1. The first kappa shape index (κ1) is 14.6. The molecule has 1 atom stereocenters. The number of hydrogen-bond donors (Lipinski definition) is 1. The summed E-state index contributed by atoms with van der Waals surface area (Å²) in [5.41, 5.74) is 0.131. The van der Waals surface area contributed by atoms with Crippen LogP contribution in [0.25, 0.3) is 0 Å². The van der Waals surface area contributed by atoms with E-state index in [9.17, 15) is 9.59 Å². The minimum Gasteiger partial charge on any atom is -0.467 e. The molecule has 2 rings (SSSR count).